The maximum absolute atomic E-state index is 14.8. The van der Waals surface area contributed by atoms with Gasteiger partial charge in [-0.1, -0.05) is 0 Å². The van der Waals surface area contributed by atoms with Crippen LogP contribution in [0.15, 0.2) is 78.0 Å². The van der Waals surface area contributed by atoms with Gasteiger partial charge in [-0.05, 0) is 93.5 Å². The first-order valence-corrected chi connectivity index (χ1v) is 14.4. The number of aromatic nitrogens is 2. The molecule has 2 N–H and O–H groups in total. The number of sulfonamides is 1. The number of nitrogens with one attached hydrogen (secondary N) is 2. The molecular formula is C29H28F3N5O3S. The number of halogens is 3. The van der Waals surface area contributed by atoms with E-state index in [1.807, 2.05) is 0 Å². The van der Waals surface area contributed by atoms with Crippen molar-refractivity contribution in [1.29, 1.82) is 0 Å². The number of rotatable bonds is 9. The molecule has 12 heteroatoms. The lowest BCUT2D eigenvalue weighted by Crippen LogP contribution is -2.32. The fourth-order valence-corrected chi connectivity index (χ4v) is 5.59. The number of hydrogen-bond donors (Lipinski definition) is 2. The van der Waals surface area contributed by atoms with Gasteiger partial charge in [-0.15, -0.1) is 0 Å². The average Bonchev–Trinajstić information content (AvgIpc) is 2.94. The minimum absolute atomic E-state index is 0.177. The van der Waals surface area contributed by atoms with Crippen molar-refractivity contribution in [2.24, 2.45) is 5.92 Å². The van der Waals surface area contributed by atoms with Gasteiger partial charge in [0.05, 0.1) is 12.3 Å². The molecule has 0 atom stereocenters. The summed E-state index contributed by atoms with van der Waals surface area (Å²) in [6.45, 7) is 2.51. The van der Waals surface area contributed by atoms with Gasteiger partial charge >= 0.3 is 0 Å². The summed E-state index contributed by atoms with van der Waals surface area (Å²) in [6, 6.07) is 14.7. The molecule has 0 bridgehead atoms. The lowest BCUT2D eigenvalue weighted by molar-refractivity contribution is 0.157. The molecule has 5 rings (SSSR count). The van der Waals surface area contributed by atoms with E-state index in [1.54, 1.807) is 30.3 Å². The molecule has 214 valence electrons. The Balaban J connectivity index is 1.22. The van der Waals surface area contributed by atoms with E-state index in [-0.39, 0.29) is 11.4 Å². The van der Waals surface area contributed by atoms with Crippen LogP contribution < -0.4 is 14.8 Å². The minimum Gasteiger partial charge on any atom is -0.490 e. The van der Waals surface area contributed by atoms with E-state index >= 15 is 0 Å². The Hall–Kier alpha value is -4.16. The SMILES string of the molecule is CN1CCC(COc2ccc(-c3cc(Nc4ccc(NS(=O)(=O)c5ccc(F)cc5F)cc4)ncn3)cc2F)CC1. The molecule has 0 spiro atoms. The number of benzene rings is 3. The fourth-order valence-electron chi connectivity index (χ4n) is 4.47. The highest BCUT2D eigenvalue weighted by molar-refractivity contribution is 7.92. The topological polar surface area (TPSA) is 96.5 Å². The molecular weight excluding hydrogens is 555 g/mol. The lowest BCUT2D eigenvalue weighted by atomic mass is 9.98. The van der Waals surface area contributed by atoms with Gasteiger partial charge in [0.1, 0.15) is 28.7 Å². The van der Waals surface area contributed by atoms with Crippen molar-refractivity contribution in [3.63, 3.8) is 0 Å². The first-order valence-electron chi connectivity index (χ1n) is 12.9. The Morgan fingerprint density at radius 2 is 1.63 bits per heavy atom. The van der Waals surface area contributed by atoms with Gasteiger partial charge in [-0.2, -0.15) is 0 Å². The molecule has 0 aliphatic carbocycles. The van der Waals surface area contributed by atoms with E-state index in [0.29, 0.717) is 41.4 Å². The molecule has 1 aliphatic heterocycles. The summed E-state index contributed by atoms with van der Waals surface area (Å²) in [4.78, 5) is 10.1. The fraction of sp³-hybridized carbons (Fsp3) is 0.241. The van der Waals surface area contributed by atoms with Gasteiger partial charge in [-0.3, -0.25) is 4.72 Å². The summed E-state index contributed by atoms with van der Waals surface area (Å²) in [6.07, 6.45) is 3.41. The van der Waals surface area contributed by atoms with Crippen LogP contribution in [0.2, 0.25) is 0 Å². The highest BCUT2D eigenvalue weighted by Crippen LogP contribution is 2.28. The Morgan fingerprint density at radius 3 is 2.34 bits per heavy atom. The predicted octanol–water partition coefficient (Wildman–Crippen LogP) is 5.83. The molecule has 1 aliphatic rings. The largest absolute Gasteiger partial charge is 0.490 e. The van der Waals surface area contributed by atoms with Gasteiger partial charge in [0, 0.05) is 29.1 Å². The van der Waals surface area contributed by atoms with Crippen LogP contribution in [-0.4, -0.2) is 50.0 Å². The first-order chi connectivity index (χ1) is 19.7. The van der Waals surface area contributed by atoms with Crippen molar-refractivity contribution in [3.05, 3.63) is 90.5 Å². The molecule has 3 aromatic carbocycles. The van der Waals surface area contributed by atoms with E-state index < -0.39 is 32.4 Å². The van der Waals surface area contributed by atoms with E-state index in [1.165, 1.54) is 24.5 Å². The Labute approximate surface area is 236 Å². The third-order valence-electron chi connectivity index (χ3n) is 6.80. The van der Waals surface area contributed by atoms with Gasteiger partial charge in [0.25, 0.3) is 10.0 Å². The molecule has 0 unspecified atom stereocenters. The van der Waals surface area contributed by atoms with Gasteiger partial charge < -0.3 is 15.0 Å². The zero-order valence-electron chi connectivity index (χ0n) is 22.1. The zero-order valence-corrected chi connectivity index (χ0v) is 23.0. The second-order valence-corrected chi connectivity index (χ2v) is 11.5. The lowest BCUT2D eigenvalue weighted by Gasteiger charge is -2.28. The second-order valence-electron chi connectivity index (χ2n) is 9.87. The molecule has 0 saturated carbocycles. The van der Waals surface area contributed by atoms with Crippen LogP contribution in [0.3, 0.4) is 0 Å². The van der Waals surface area contributed by atoms with Crippen molar-refractivity contribution >= 4 is 27.2 Å². The third kappa shape index (κ3) is 7.14. The number of hydrogen-bond acceptors (Lipinski definition) is 7. The maximum Gasteiger partial charge on any atom is 0.264 e. The zero-order chi connectivity index (χ0) is 29.0. The summed E-state index contributed by atoms with van der Waals surface area (Å²) in [5.74, 6) is -1.49. The minimum atomic E-state index is -4.26. The quantitative estimate of drug-likeness (QED) is 0.256. The molecule has 8 nitrogen and oxygen atoms in total. The Bertz CT molecular complexity index is 1630. The number of ether oxygens (including phenoxy) is 1. The number of nitrogens with zero attached hydrogens (tertiary/aromatic N) is 3. The standard InChI is InChI=1S/C29H28F3N5O3S/c1-37-12-10-19(11-13-37)17-40-27-8-2-20(14-24(27)31)26-16-29(34-18-33-26)35-22-4-6-23(7-5-22)36-41(38,39)28-9-3-21(30)15-25(28)32/h2-9,14-16,18-19,36H,10-13,17H2,1H3,(H,33,34,35). The monoisotopic (exact) mass is 583 g/mol. The van der Waals surface area contributed by atoms with Crippen molar-refractivity contribution in [2.75, 3.05) is 36.8 Å². The second kappa shape index (κ2) is 12.1. The van der Waals surface area contributed by atoms with Crippen LogP contribution in [-0.2, 0) is 10.0 Å². The van der Waals surface area contributed by atoms with Crippen LogP contribution >= 0.6 is 0 Å². The number of anilines is 3. The predicted molar refractivity (Wildman–Crippen MR) is 150 cm³/mol. The summed E-state index contributed by atoms with van der Waals surface area (Å²) in [5, 5.41) is 3.09. The smallest absolute Gasteiger partial charge is 0.264 e. The number of piperidine rings is 1. The molecule has 41 heavy (non-hydrogen) atoms. The summed E-state index contributed by atoms with van der Waals surface area (Å²) in [7, 11) is -2.17. The Morgan fingerprint density at radius 1 is 0.902 bits per heavy atom. The third-order valence-corrected chi connectivity index (χ3v) is 8.21. The van der Waals surface area contributed by atoms with Crippen molar-refractivity contribution in [1.82, 2.24) is 14.9 Å². The molecule has 2 heterocycles. The van der Waals surface area contributed by atoms with Gasteiger partial charge in [0.2, 0.25) is 0 Å². The van der Waals surface area contributed by atoms with Crippen molar-refractivity contribution in [2.45, 2.75) is 17.7 Å². The highest BCUT2D eigenvalue weighted by Gasteiger charge is 2.20. The summed E-state index contributed by atoms with van der Waals surface area (Å²) in [5.41, 5.74) is 1.80. The van der Waals surface area contributed by atoms with Gasteiger partial charge in [0.15, 0.2) is 11.6 Å². The Kier molecular flexibility index (Phi) is 8.41. The van der Waals surface area contributed by atoms with Crippen molar-refractivity contribution in [3.8, 4) is 17.0 Å². The van der Waals surface area contributed by atoms with E-state index in [0.717, 1.165) is 38.1 Å². The molecule has 1 fully saturated rings. The molecule has 1 saturated heterocycles. The number of likely N-dealkylation sites (tertiary alicyclic amines) is 1. The van der Waals surface area contributed by atoms with Crippen LogP contribution in [0.25, 0.3) is 11.3 Å². The molecule has 0 radical (unpaired) electrons. The van der Waals surface area contributed by atoms with Crippen LogP contribution in [0, 0.1) is 23.4 Å². The molecule has 4 aromatic rings. The summed E-state index contributed by atoms with van der Waals surface area (Å²) >= 11 is 0. The summed E-state index contributed by atoms with van der Waals surface area (Å²) < 4.78 is 75.0. The van der Waals surface area contributed by atoms with Crippen LogP contribution in [0.1, 0.15) is 12.8 Å². The molecule has 0 amide bonds. The highest BCUT2D eigenvalue weighted by atomic mass is 32.2. The first kappa shape index (κ1) is 28.4. The van der Waals surface area contributed by atoms with E-state index in [2.05, 4.69) is 32.0 Å². The average molecular weight is 584 g/mol. The van der Waals surface area contributed by atoms with E-state index in [4.69, 9.17) is 4.74 Å². The van der Waals surface area contributed by atoms with Gasteiger partial charge in [-0.25, -0.2) is 31.6 Å². The van der Waals surface area contributed by atoms with Crippen LogP contribution in [0.4, 0.5) is 30.4 Å². The normalized spacial score (nSPS) is 14.5. The maximum atomic E-state index is 14.8. The van der Waals surface area contributed by atoms with E-state index in [9.17, 15) is 21.6 Å². The van der Waals surface area contributed by atoms with Crippen LogP contribution in [0.5, 0.6) is 5.75 Å². The molecule has 1 aromatic heterocycles. The van der Waals surface area contributed by atoms with Crippen molar-refractivity contribution < 1.29 is 26.3 Å².